The second-order valence-electron chi connectivity index (χ2n) is 6.65. The summed E-state index contributed by atoms with van der Waals surface area (Å²) < 4.78 is 23.2. The number of aromatic nitrogens is 1. The molecule has 1 fully saturated rings. The van der Waals surface area contributed by atoms with Crippen molar-refractivity contribution in [1.29, 1.82) is 0 Å². The summed E-state index contributed by atoms with van der Waals surface area (Å²) in [7, 11) is -3.02. The Morgan fingerprint density at radius 1 is 1.12 bits per heavy atom. The average molecular weight is 373 g/mol. The molecular weight excluding hydrogens is 350 g/mol. The third-order valence-corrected chi connectivity index (χ3v) is 6.39. The van der Waals surface area contributed by atoms with Crippen LogP contribution in [-0.2, 0) is 9.84 Å². The minimum absolute atomic E-state index is 0.0155. The Kier molecular flexibility index (Phi) is 5.27. The van der Waals surface area contributed by atoms with Crippen LogP contribution in [0.3, 0.4) is 0 Å². The van der Waals surface area contributed by atoms with Crippen molar-refractivity contribution in [2.45, 2.75) is 19.9 Å². The van der Waals surface area contributed by atoms with Crippen LogP contribution in [0.15, 0.2) is 42.7 Å². The average Bonchev–Trinajstić information content (AvgIpc) is 2.62. The summed E-state index contributed by atoms with van der Waals surface area (Å²) in [6.07, 6.45) is 3.43. The van der Waals surface area contributed by atoms with E-state index in [1.165, 1.54) is 5.56 Å². The fourth-order valence-electron chi connectivity index (χ4n) is 2.98. The molecule has 0 saturated carbocycles. The first-order valence-corrected chi connectivity index (χ1v) is 10.4. The molecule has 2 aromatic rings. The van der Waals surface area contributed by atoms with Crippen LogP contribution in [0.5, 0.6) is 0 Å². The second-order valence-corrected chi connectivity index (χ2v) is 8.96. The van der Waals surface area contributed by atoms with Crippen LogP contribution in [-0.4, -0.2) is 48.9 Å². The molecule has 1 aliphatic rings. The third kappa shape index (κ3) is 4.22. The van der Waals surface area contributed by atoms with E-state index in [9.17, 15) is 13.2 Å². The number of aryl methyl sites for hydroxylation is 2. The van der Waals surface area contributed by atoms with E-state index in [1.54, 1.807) is 17.3 Å². The predicted octanol–water partition coefficient (Wildman–Crippen LogP) is 2.23. The van der Waals surface area contributed by atoms with E-state index in [0.717, 1.165) is 16.7 Å². The van der Waals surface area contributed by atoms with Gasteiger partial charge in [0.15, 0.2) is 9.84 Å². The molecule has 0 unspecified atom stereocenters. The van der Waals surface area contributed by atoms with Crippen LogP contribution in [0.2, 0.25) is 0 Å². The van der Waals surface area contributed by atoms with Gasteiger partial charge in [0.05, 0.1) is 17.5 Å². The molecule has 0 aliphatic carbocycles. The molecular formula is C19H23N3O3S. The van der Waals surface area contributed by atoms with Gasteiger partial charge in [0, 0.05) is 25.5 Å². The van der Waals surface area contributed by atoms with Gasteiger partial charge in [0.2, 0.25) is 0 Å². The second kappa shape index (κ2) is 7.45. The molecule has 0 spiro atoms. The van der Waals surface area contributed by atoms with Crippen molar-refractivity contribution in [2.75, 3.05) is 24.6 Å². The van der Waals surface area contributed by atoms with Gasteiger partial charge in [-0.3, -0.25) is 4.98 Å². The van der Waals surface area contributed by atoms with Crippen molar-refractivity contribution < 1.29 is 13.2 Å². The molecule has 0 radical (unpaired) electrons. The number of nitrogens with one attached hydrogen (secondary N) is 1. The first-order chi connectivity index (χ1) is 12.4. The lowest BCUT2D eigenvalue weighted by atomic mass is 9.96. The number of pyridine rings is 1. The Hall–Kier alpha value is -2.41. The van der Waals surface area contributed by atoms with Gasteiger partial charge in [-0.25, -0.2) is 13.2 Å². The van der Waals surface area contributed by atoms with Crippen LogP contribution in [0.25, 0.3) is 0 Å². The van der Waals surface area contributed by atoms with Crippen LogP contribution < -0.4 is 5.32 Å². The fourth-order valence-corrected chi connectivity index (χ4v) is 4.18. The molecule has 1 saturated heterocycles. The zero-order chi connectivity index (χ0) is 18.7. The largest absolute Gasteiger partial charge is 0.327 e. The van der Waals surface area contributed by atoms with Crippen molar-refractivity contribution in [3.8, 4) is 0 Å². The van der Waals surface area contributed by atoms with Crippen LogP contribution in [0.4, 0.5) is 4.79 Å². The number of sulfone groups is 1. The number of urea groups is 1. The molecule has 138 valence electrons. The van der Waals surface area contributed by atoms with Gasteiger partial charge in [0.25, 0.3) is 0 Å². The highest BCUT2D eigenvalue weighted by Crippen LogP contribution is 2.24. The van der Waals surface area contributed by atoms with E-state index in [4.69, 9.17) is 0 Å². The topological polar surface area (TPSA) is 79.4 Å². The SMILES string of the molecule is Cc1ccc([C@H](NC(=O)N2CCS(=O)(=O)CC2)c2cccnc2)cc1C. The van der Waals surface area contributed by atoms with Crippen molar-refractivity contribution >= 4 is 15.9 Å². The van der Waals surface area contributed by atoms with Gasteiger partial charge in [-0.1, -0.05) is 24.3 Å². The van der Waals surface area contributed by atoms with E-state index in [0.29, 0.717) is 0 Å². The first-order valence-electron chi connectivity index (χ1n) is 8.59. The summed E-state index contributed by atoms with van der Waals surface area (Å²) in [6.45, 7) is 4.53. The third-order valence-electron chi connectivity index (χ3n) is 4.78. The Morgan fingerprint density at radius 3 is 2.46 bits per heavy atom. The van der Waals surface area contributed by atoms with E-state index in [1.807, 2.05) is 38.1 Å². The number of hydrogen-bond acceptors (Lipinski definition) is 4. The van der Waals surface area contributed by atoms with Crippen LogP contribution in [0, 0.1) is 13.8 Å². The monoisotopic (exact) mass is 373 g/mol. The molecule has 1 N–H and O–H groups in total. The van der Waals surface area contributed by atoms with E-state index in [-0.39, 0.29) is 36.7 Å². The maximum atomic E-state index is 12.7. The number of amides is 2. The lowest BCUT2D eigenvalue weighted by molar-refractivity contribution is 0.199. The molecule has 7 heteroatoms. The van der Waals surface area contributed by atoms with Crippen molar-refractivity contribution in [3.63, 3.8) is 0 Å². The Labute approximate surface area is 154 Å². The highest BCUT2D eigenvalue weighted by molar-refractivity contribution is 7.91. The van der Waals surface area contributed by atoms with Gasteiger partial charge in [-0.05, 0) is 42.2 Å². The van der Waals surface area contributed by atoms with Gasteiger partial charge in [0.1, 0.15) is 0 Å². The van der Waals surface area contributed by atoms with Gasteiger partial charge in [-0.15, -0.1) is 0 Å². The standard InChI is InChI=1S/C19H23N3O3S/c1-14-5-6-16(12-15(14)2)18(17-4-3-7-20-13-17)21-19(23)22-8-10-26(24,25)11-9-22/h3-7,12-13,18H,8-11H2,1-2H3,(H,21,23)/t18-/m0/s1. The van der Waals surface area contributed by atoms with Crippen molar-refractivity contribution in [3.05, 3.63) is 65.0 Å². The van der Waals surface area contributed by atoms with Gasteiger partial charge < -0.3 is 10.2 Å². The summed E-state index contributed by atoms with van der Waals surface area (Å²) in [4.78, 5) is 18.4. The van der Waals surface area contributed by atoms with Gasteiger partial charge in [-0.2, -0.15) is 0 Å². The molecule has 2 amide bonds. The number of benzene rings is 1. The quantitative estimate of drug-likeness (QED) is 0.895. The number of rotatable bonds is 3. The van der Waals surface area contributed by atoms with Crippen LogP contribution >= 0.6 is 0 Å². The summed E-state index contributed by atoms with van der Waals surface area (Å²) >= 11 is 0. The first kappa shape index (κ1) is 18.4. The molecule has 26 heavy (non-hydrogen) atoms. The summed E-state index contributed by atoms with van der Waals surface area (Å²) in [6, 6.07) is 9.26. The molecule has 1 aromatic heterocycles. The number of carbonyl (C=O) groups is 1. The normalized spacial score (nSPS) is 17.5. The van der Waals surface area contributed by atoms with Gasteiger partial charge >= 0.3 is 6.03 Å². The molecule has 0 bridgehead atoms. The molecule has 3 rings (SSSR count). The fraction of sp³-hybridized carbons (Fsp3) is 0.368. The molecule has 1 aromatic carbocycles. The van der Waals surface area contributed by atoms with E-state index < -0.39 is 9.84 Å². The minimum Gasteiger partial charge on any atom is -0.327 e. The Bertz CT molecular complexity index is 884. The van der Waals surface area contributed by atoms with E-state index >= 15 is 0 Å². The maximum absolute atomic E-state index is 12.7. The lowest BCUT2D eigenvalue weighted by Crippen LogP contribution is -2.49. The maximum Gasteiger partial charge on any atom is 0.318 e. The Morgan fingerprint density at radius 2 is 1.85 bits per heavy atom. The molecule has 6 nitrogen and oxygen atoms in total. The molecule has 1 aliphatic heterocycles. The molecule has 2 heterocycles. The van der Waals surface area contributed by atoms with E-state index in [2.05, 4.69) is 16.4 Å². The van der Waals surface area contributed by atoms with Crippen molar-refractivity contribution in [2.24, 2.45) is 0 Å². The predicted molar refractivity (Wildman–Crippen MR) is 101 cm³/mol. The van der Waals surface area contributed by atoms with Crippen LogP contribution in [0.1, 0.15) is 28.3 Å². The number of hydrogen-bond donors (Lipinski definition) is 1. The summed E-state index contributed by atoms with van der Waals surface area (Å²) in [5, 5.41) is 3.05. The minimum atomic E-state index is -3.02. The lowest BCUT2D eigenvalue weighted by Gasteiger charge is -2.29. The molecule has 1 atom stereocenters. The highest BCUT2D eigenvalue weighted by Gasteiger charge is 2.27. The smallest absolute Gasteiger partial charge is 0.318 e. The Balaban J connectivity index is 1.84. The van der Waals surface area contributed by atoms with Crippen molar-refractivity contribution in [1.82, 2.24) is 15.2 Å². The zero-order valence-electron chi connectivity index (χ0n) is 15.0. The highest BCUT2D eigenvalue weighted by atomic mass is 32.2. The zero-order valence-corrected chi connectivity index (χ0v) is 15.8. The number of nitrogens with zero attached hydrogens (tertiary/aromatic N) is 2. The summed E-state index contributed by atoms with van der Waals surface area (Å²) in [5.41, 5.74) is 4.19. The summed E-state index contributed by atoms with van der Waals surface area (Å²) in [5.74, 6) is 0.0310. The number of carbonyl (C=O) groups excluding carboxylic acids is 1.